The van der Waals surface area contributed by atoms with Gasteiger partial charge in [-0.15, -0.1) is 11.3 Å². The molecular weight excluding hydrogens is 567 g/mol. The number of allylic oxidation sites excluding steroid dienone is 1. The lowest BCUT2D eigenvalue weighted by atomic mass is 9.82. The third kappa shape index (κ3) is 4.28. The van der Waals surface area contributed by atoms with E-state index in [-0.39, 0.29) is 16.4 Å². The summed E-state index contributed by atoms with van der Waals surface area (Å²) in [5.41, 5.74) is 16.3. The summed E-state index contributed by atoms with van der Waals surface area (Å²) < 4.78 is 0. The van der Waals surface area contributed by atoms with Crippen molar-refractivity contribution in [3.63, 3.8) is 0 Å². The SMILES string of the molecule is Cc1cc(N(c2ccc3c(c2)C(C)(C)c2ccccc2-3)c2ccc3c(c2)C(C)(C)c2cc(C=C(C#N)C#N)sc2-3)cc(C)c1C. The van der Waals surface area contributed by atoms with E-state index in [0.717, 1.165) is 21.9 Å². The van der Waals surface area contributed by atoms with Crippen LogP contribution in [0.5, 0.6) is 0 Å². The maximum absolute atomic E-state index is 9.30. The zero-order valence-electron chi connectivity index (χ0n) is 26.8. The van der Waals surface area contributed by atoms with Crippen molar-refractivity contribution in [1.29, 1.82) is 10.5 Å². The predicted octanol–water partition coefficient (Wildman–Crippen LogP) is 11.2. The van der Waals surface area contributed by atoms with Crippen LogP contribution in [0.25, 0.3) is 27.6 Å². The molecule has 0 radical (unpaired) electrons. The van der Waals surface area contributed by atoms with Gasteiger partial charge in [-0.25, -0.2) is 0 Å². The van der Waals surface area contributed by atoms with Crippen molar-refractivity contribution in [3.05, 3.63) is 128 Å². The number of nitriles is 2. The van der Waals surface area contributed by atoms with Gasteiger partial charge in [0.2, 0.25) is 0 Å². The number of benzene rings is 4. The molecule has 0 atom stereocenters. The smallest absolute Gasteiger partial charge is 0.131 e. The van der Waals surface area contributed by atoms with Crippen molar-refractivity contribution in [1.82, 2.24) is 0 Å². The van der Waals surface area contributed by atoms with Gasteiger partial charge in [-0.2, -0.15) is 10.5 Å². The number of rotatable bonds is 4. The average Bonchev–Trinajstić information content (AvgIpc) is 3.62. The van der Waals surface area contributed by atoms with E-state index in [1.165, 1.54) is 60.5 Å². The van der Waals surface area contributed by atoms with Gasteiger partial charge in [-0.05, 0) is 125 Å². The highest BCUT2D eigenvalue weighted by molar-refractivity contribution is 7.16. The third-order valence-electron chi connectivity index (χ3n) is 10.1. The number of hydrogen-bond acceptors (Lipinski definition) is 4. The molecule has 0 spiro atoms. The van der Waals surface area contributed by atoms with Crippen LogP contribution >= 0.6 is 11.3 Å². The molecule has 3 nitrogen and oxygen atoms in total. The zero-order chi connectivity index (χ0) is 31.8. The van der Waals surface area contributed by atoms with Gasteiger partial charge < -0.3 is 4.90 Å². The number of hydrogen-bond donors (Lipinski definition) is 0. The normalized spacial score (nSPS) is 14.4. The van der Waals surface area contributed by atoms with Crippen LogP contribution < -0.4 is 4.90 Å². The third-order valence-corrected chi connectivity index (χ3v) is 11.2. The molecule has 4 aromatic carbocycles. The van der Waals surface area contributed by atoms with E-state index < -0.39 is 0 Å². The van der Waals surface area contributed by atoms with Gasteiger partial charge in [-0.3, -0.25) is 0 Å². The number of fused-ring (bicyclic) bond motifs is 6. The lowest BCUT2D eigenvalue weighted by Crippen LogP contribution is -2.18. The fourth-order valence-electron chi connectivity index (χ4n) is 7.33. The fraction of sp³-hybridized carbons (Fsp3) is 0.220. The van der Waals surface area contributed by atoms with Crippen LogP contribution in [0.2, 0.25) is 0 Å². The molecule has 0 saturated heterocycles. The number of anilines is 3. The van der Waals surface area contributed by atoms with Crippen LogP contribution in [0.1, 0.15) is 71.5 Å². The Morgan fingerprint density at radius 1 is 0.644 bits per heavy atom. The van der Waals surface area contributed by atoms with Crippen LogP contribution in [-0.2, 0) is 10.8 Å². The summed E-state index contributed by atoms with van der Waals surface area (Å²) in [4.78, 5) is 4.57. The Morgan fingerprint density at radius 2 is 1.20 bits per heavy atom. The van der Waals surface area contributed by atoms with Crippen molar-refractivity contribution < 1.29 is 0 Å². The zero-order valence-corrected chi connectivity index (χ0v) is 27.6. The summed E-state index contributed by atoms with van der Waals surface area (Å²) in [6.45, 7) is 15.8. The first-order valence-electron chi connectivity index (χ1n) is 15.4. The lowest BCUT2D eigenvalue weighted by Gasteiger charge is -2.30. The first kappa shape index (κ1) is 28.8. The maximum atomic E-state index is 9.30. The summed E-state index contributed by atoms with van der Waals surface area (Å²) in [6, 6.07) is 33.4. The van der Waals surface area contributed by atoms with E-state index >= 15 is 0 Å². The van der Waals surface area contributed by atoms with Crippen LogP contribution in [-0.4, -0.2) is 0 Å². The van der Waals surface area contributed by atoms with Crippen LogP contribution in [0.4, 0.5) is 17.1 Å². The minimum absolute atomic E-state index is 0.0932. The monoisotopic (exact) mass is 601 g/mol. The lowest BCUT2D eigenvalue weighted by molar-refractivity contribution is 0.660. The van der Waals surface area contributed by atoms with Crippen molar-refractivity contribution in [2.24, 2.45) is 0 Å². The molecule has 1 aromatic heterocycles. The van der Waals surface area contributed by atoms with E-state index in [1.807, 2.05) is 12.1 Å². The Kier molecular flexibility index (Phi) is 6.45. The highest BCUT2D eigenvalue weighted by Gasteiger charge is 2.39. The molecule has 5 aromatic rings. The first-order valence-corrected chi connectivity index (χ1v) is 16.2. The van der Waals surface area contributed by atoms with Gasteiger partial charge in [0, 0.05) is 37.6 Å². The number of thiophene rings is 1. The molecule has 0 amide bonds. The second kappa shape index (κ2) is 10.1. The minimum Gasteiger partial charge on any atom is -0.310 e. The van der Waals surface area contributed by atoms with Crippen molar-refractivity contribution >= 4 is 34.5 Å². The summed E-state index contributed by atoms with van der Waals surface area (Å²) in [5, 5.41) is 18.6. The fourth-order valence-corrected chi connectivity index (χ4v) is 8.63. The van der Waals surface area contributed by atoms with Gasteiger partial charge in [0.05, 0.1) is 0 Å². The molecule has 2 aliphatic rings. The van der Waals surface area contributed by atoms with E-state index in [9.17, 15) is 10.5 Å². The van der Waals surface area contributed by atoms with Gasteiger partial charge in [-0.1, -0.05) is 64.1 Å². The molecular formula is C41H35N3S. The number of nitrogens with zero attached hydrogens (tertiary/aromatic N) is 3. The molecule has 0 bridgehead atoms. The predicted molar refractivity (Wildman–Crippen MR) is 188 cm³/mol. The molecule has 0 aliphatic heterocycles. The molecule has 0 fully saturated rings. The Balaban J connectivity index is 1.40. The van der Waals surface area contributed by atoms with E-state index in [1.54, 1.807) is 17.4 Å². The summed E-state index contributed by atoms with van der Waals surface area (Å²) in [6.07, 6.45) is 1.70. The van der Waals surface area contributed by atoms with E-state index in [0.29, 0.717) is 0 Å². The molecule has 1 heterocycles. The maximum Gasteiger partial charge on any atom is 0.131 e. The largest absolute Gasteiger partial charge is 0.310 e. The van der Waals surface area contributed by atoms with Gasteiger partial charge in [0.1, 0.15) is 17.7 Å². The molecule has 45 heavy (non-hydrogen) atoms. The molecule has 7 rings (SSSR count). The Hall–Kier alpha value is -4.90. The highest BCUT2D eigenvalue weighted by Crippen LogP contribution is 2.55. The molecule has 0 unspecified atom stereocenters. The van der Waals surface area contributed by atoms with Gasteiger partial charge in [0.15, 0.2) is 0 Å². The second-order valence-electron chi connectivity index (χ2n) is 13.5. The van der Waals surface area contributed by atoms with Crippen molar-refractivity contribution in [3.8, 4) is 33.7 Å². The topological polar surface area (TPSA) is 50.8 Å². The molecule has 4 heteroatoms. The van der Waals surface area contributed by atoms with Crippen molar-refractivity contribution in [2.45, 2.75) is 59.3 Å². The number of aryl methyl sites for hydroxylation is 2. The van der Waals surface area contributed by atoms with E-state index in [4.69, 9.17) is 0 Å². The van der Waals surface area contributed by atoms with Crippen LogP contribution in [0.3, 0.4) is 0 Å². The van der Waals surface area contributed by atoms with Crippen LogP contribution in [0, 0.1) is 43.4 Å². The van der Waals surface area contributed by atoms with Gasteiger partial charge >= 0.3 is 0 Å². The molecule has 0 N–H and O–H groups in total. The Morgan fingerprint density at radius 3 is 1.84 bits per heavy atom. The average molecular weight is 602 g/mol. The van der Waals surface area contributed by atoms with Gasteiger partial charge in [0.25, 0.3) is 0 Å². The summed E-state index contributed by atoms with van der Waals surface area (Å²) in [7, 11) is 0. The summed E-state index contributed by atoms with van der Waals surface area (Å²) >= 11 is 1.65. The first-order chi connectivity index (χ1) is 21.4. The van der Waals surface area contributed by atoms with E-state index in [2.05, 4.69) is 132 Å². The molecule has 2 aliphatic carbocycles. The standard InChI is InChI=1S/C41H35N3S/c1-24-16-30(17-25(2)26(24)3)44(28-12-14-33-32-10-8-9-11-35(32)40(4,5)36(33)19-28)29-13-15-34-37(20-29)41(6,7)38-21-31(45-39(34)38)18-27(22-42)23-43/h8-21H,1-7H3. The minimum atomic E-state index is -0.227. The summed E-state index contributed by atoms with van der Waals surface area (Å²) in [5.74, 6) is 0. The quantitative estimate of drug-likeness (QED) is 0.193. The molecule has 0 saturated carbocycles. The van der Waals surface area contributed by atoms with Crippen LogP contribution in [0.15, 0.2) is 84.4 Å². The highest BCUT2D eigenvalue weighted by atomic mass is 32.1. The Bertz CT molecular complexity index is 2140. The van der Waals surface area contributed by atoms with Crippen molar-refractivity contribution in [2.75, 3.05) is 4.90 Å². The second-order valence-corrected chi connectivity index (χ2v) is 14.6. The molecule has 220 valence electrons. The Labute approximate surface area is 270 Å².